The van der Waals surface area contributed by atoms with Crippen molar-refractivity contribution in [1.82, 2.24) is 4.57 Å². The Morgan fingerprint density at radius 2 is 1.87 bits per heavy atom. The molecule has 4 heteroatoms. The van der Waals surface area contributed by atoms with Gasteiger partial charge in [-0.25, -0.2) is 4.79 Å². The van der Waals surface area contributed by atoms with E-state index in [2.05, 4.69) is 0 Å². The lowest BCUT2D eigenvalue weighted by Crippen LogP contribution is -2.13. The van der Waals surface area contributed by atoms with Crippen molar-refractivity contribution in [2.24, 2.45) is 0 Å². The number of hydrogen-bond acceptors (Lipinski definition) is 2. The maximum absolute atomic E-state index is 12.2. The largest absolute Gasteiger partial charge is 0.461 e. The summed E-state index contributed by atoms with van der Waals surface area (Å²) in [5.74, 6) is -0.278. The number of halogens is 1. The number of fused-ring (bicyclic) bond motifs is 1. The SMILES string of the molecule is CCOC(=O)c1cc2ccccc2n1CCc1ccc(Cl)cc1. The van der Waals surface area contributed by atoms with Gasteiger partial charge in [0.1, 0.15) is 5.69 Å². The van der Waals surface area contributed by atoms with Gasteiger partial charge < -0.3 is 9.30 Å². The van der Waals surface area contributed by atoms with Gasteiger partial charge in [-0.2, -0.15) is 0 Å². The van der Waals surface area contributed by atoms with Gasteiger partial charge in [-0.3, -0.25) is 0 Å². The van der Waals surface area contributed by atoms with Gasteiger partial charge in [0.15, 0.2) is 0 Å². The van der Waals surface area contributed by atoms with Gasteiger partial charge in [0.25, 0.3) is 0 Å². The molecule has 0 saturated heterocycles. The normalized spacial score (nSPS) is 10.9. The molecule has 0 bridgehead atoms. The summed E-state index contributed by atoms with van der Waals surface area (Å²) in [7, 11) is 0. The van der Waals surface area contributed by atoms with Crippen LogP contribution in [0.1, 0.15) is 23.0 Å². The Balaban J connectivity index is 1.92. The molecule has 0 spiro atoms. The number of benzene rings is 2. The Labute approximate surface area is 140 Å². The van der Waals surface area contributed by atoms with E-state index in [0.717, 1.165) is 22.3 Å². The van der Waals surface area contributed by atoms with E-state index in [1.54, 1.807) is 0 Å². The molecule has 0 radical (unpaired) electrons. The van der Waals surface area contributed by atoms with Crippen LogP contribution in [-0.4, -0.2) is 17.1 Å². The topological polar surface area (TPSA) is 31.2 Å². The van der Waals surface area contributed by atoms with Gasteiger partial charge in [-0.05, 0) is 43.2 Å². The van der Waals surface area contributed by atoms with Crippen molar-refractivity contribution in [3.63, 3.8) is 0 Å². The summed E-state index contributed by atoms with van der Waals surface area (Å²) in [6.45, 7) is 2.90. The van der Waals surface area contributed by atoms with Crippen molar-refractivity contribution in [2.45, 2.75) is 19.9 Å². The fourth-order valence-corrected chi connectivity index (χ4v) is 2.84. The number of para-hydroxylation sites is 1. The summed E-state index contributed by atoms with van der Waals surface area (Å²) in [4.78, 5) is 12.2. The van der Waals surface area contributed by atoms with Crippen molar-refractivity contribution in [2.75, 3.05) is 6.61 Å². The summed E-state index contributed by atoms with van der Waals surface area (Å²) in [5, 5.41) is 1.78. The average molecular weight is 328 g/mol. The summed E-state index contributed by atoms with van der Waals surface area (Å²) in [6.07, 6.45) is 0.822. The Bertz CT molecular complexity index is 821. The fraction of sp³-hybridized carbons (Fsp3) is 0.211. The zero-order valence-electron chi connectivity index (χ0n) is 13.0. The third kappa shape index (κ3) is 3.40. The number of ether oxygens (including phenoxy) is 1. The minimum Gasteiger partial charge on any atom is -0.461 e. The molecule has 0 unspecified atom stereocenters. The third-order valence-corrected chi connectivity index (χ3v) is 4.08. The van der Waals surface area contributed by atoms with Gasteiger partial charge >= 0.3 is 5.97 Å². The number of carbonyl (C=O) groups excluding carboxylic acids is 1. The average Bonchev–Trinajstić information content (AvgIpc) is 2.93. The van der Waals surface area contributed by atoms with Crippen LogP contribution in [0, 0.1) is 0 Å². The van der Waals surface area contributed by atoms with Crippen LogP contribution in [0.25, 0.3) is 10.9 Å². The quantitative estimate of drug-likeness (QED) is 0.635. The molecule has 3 nitrogen and oxygen atoms in total. The summed E-state index contributed by atoms with van der Waals surface area (Å²) >= 11 is 5.92. The van der Waals surface area contributed by atoms with Crippen LogP contribution in [0.3, 0.4) is 0 Å². The van der Waals surface area contributed by atoms with Gasteiger partial charge in [0.05, 0.1) is 6.61 Å². The van der Waals surface area contributed by atoms with Gasteiger partial charge in [-0.1, -0.05) is 41.9 Å². The van der Waals surface area contributed by atoms with Crippen LogP contribution >= 0.6 is 11.6 Å². The van der Waals surface area contributed by atoms with E-state index in [4.69, 9.17) is 16.3 Å². The molecule has 0 saturated carbocycles. The van der Waals surface area contributed by atoms with Crippen LogP contribution < -0.4 is 0 Å². The van der Waals surface area contributed by atoms with Gasteiger partial charge in [0, 0.05) is 22.5 Å². The smallest absolute Gasteiger partial charge is 0.354 e. The van der Waals surface area contributed by atoms with Crippen molar-refractivity contribution in [3.05, 3.63) is 70.9 Å². The second-order valence-corrected chi connectivity index (χ2v) is 5.77. The third-order valence-electron chi connectivity index (χ3n) is 3.83. The van der Waals surface area contributed by atoms with E-state index in [-0.39, 0.29) is 5.97 Å². The molecule has 23 heavy (non-hydrogen) atoms. The van der Waals surface area contributed by atoms with Crippen LogP contribution in [0.5, 0.6) is 0 Å². The molecule has 2 aromatic carbocycles. The summed E-state index contributed by atoms with van der Waals surface area (Å²) < 4.78 is 7.22. The predicted octanol–water partition coefficient (Wildman–Crippen LogP) is 4.71. The van der Waals surface area contributed by atoms with E-state index in [1.807, 2.05) is 66.1 Å². The zero-order valence-corrected chi connectivity index (χ0v) is 13.7. The summed E-state index contributed by atoms with van der Waals surface area (Å²) in [5.41, 5.74) is 2.83. The Hall–Kier alpha value is -2.26. The second-order valence-electron chi connectivity index (χ2n) is 5.34. The maximum Gasteiger partial charge on any atom is 0.354 e. The van der Waals surface area contributed by atoms with Crippen LogP contribution in [0.2, 0.25) is 5.02 Å². The molecule has 3 rings (SSSR count). The Morgan fingerprint density at radius 1 is 1.13 bits per heavy atom. The van der Waals surface area contributed by atoms with Crippen molar-refractivity contribution in [1.29, 1.82) is 0 Å². The Kier molecular flexibility index (Phi) is 4.68. The first-order valence-corrected chi connectivity index (χ1v) is 8.06. The highest BCUT2D eigenvalue weighted by atomic mass is 35.5. The van der Waals surface area contributed by atoms with Gasteiger partial charge in [-0.15, -0.1) is 0 Å². The molecule has 1 heterocycles. The van der Waals surface area contributed by atoms with Crippen LogP contribution in [0.4, 0.5) is 0 Å². The summed E-state index contributed by atoms with van der Waals surface area (Å²) in [6, 6.07) is 17.7. The number of aromatic nitrogens is 1. The molecular formula is C19H18ClNO2. The van der Waals surface area contributed by atoms with E-state index >= 15 is 0 Å². The molecule has 0 N–H and O–H groups in total. The monoisotopic (exact) mass is 327 g/mol. The number of esters is 1. The molecule has 3 aromatic rings. The molecule has 0 fully saturated rings. The van der Waals surface area contributed by atoms with Gasteiger partial charge in [0.2, 0.25) is 0 Å². The van der Waals surface area contributed by atoms with Crippen molar-refractivity contribution >= 4 is 28.5 Å². The molecule has 0 amide bonds. The number of aryl methyl sites for hydroxylation is 2. The highest BCUT2D eigenvalue weighted by Gasteiger charge is 2.16. The van der Waals surface area contributed by atoms with Crippen LogP contribution in [-0.2, 0) is 17.7 Å². The lowest BCUT2D eigenvalue weighted by molar-refractivity contribution is 0.0514. The van der Waals surface area contributed by atoms with Crippen molar-refractivity contribution < 1.29 is 9.53 Å². The number of carbonyl (C=O) groups is 1. The van der Waals surface area contributed by atoms with E-state index in [0.29, 0.717) is 18.8 Å². The predicted molar refractivity (Wildman–Crippen MR) is 93.1 cm³/mol. The molecule has 0 aliphatic rings. The number of hydrogen-bond donors (Lipinski definition) is 0. The fourth-order valence-electron chi connectivity index (χ4n) is 2.72. The molecule has 0 aliphatic heterocycles. The first-order chi connectivity index (χ1) is 11.2. The highest BCUT2D eigenvalue weighted by Crippen LogP contribution is 2.21. The van der Waals surface area contributed by atoms with E-state index in [1.165, 1.54) is 5.56 Å². The van der Waals surface area contributed by atoms with E-state index < -0.39 is 0 Å². The first-order valence-electron chi connectivity index (χ1n) is 7.69. The van der Waals surface area contributed by atoms with Crippen LogP contribution in [0.15, 0.2) is 54.6 Å². The second kappa shape index (κ2) is 6.88. The lowest BCUT2D eigenvalue weighted by Gasteiger charge is -2.10. The van der Waals surface area contributed by atoms with Crippen molar-refractivity contribution in [3.8, 4) is 0 Å². The maximum atomic E-state index is 12.2. The number of nitrogens with zero attached hydrogens (tertiary/aromatic N) is 1. The molecule has 0 atom stereocenters. The molecular weight excluding hydrogens is 310 g/mol. The minimum atomic E-state index is -0.278. The number of rotatable bonds is 5. The van der Waals surface area contributed by atoms with E-state index in [9.17, 15) is 4.79 Å². The zero-order chi connectivity index (χ0) is 16.2. The first kappa shape index (κ1) is 15.6. The molecule has 1 aromatic heterocycles. The molecule has 0 aliphatic carbocycles. The lowest BCUT2D eigenvalue weighted by atomic mass is 10.1. The molecule has 118 valence electrons. The minimum absolute atomic E-state index is 0.278. The highest BCUT2D eigenvalue weighted by molar-refractivity contribution is 6.30. The standard InChI is InChI=1S/C19H18ClNO2/c1-2-23-19(22)18-13-15-5-3-4-6-17(15)21(18)12-11-14-7-9-16(20)10-8-14/h3-10,13H,2,11-12H2,1H3. The Morgan fingerprint density at radius 3 is 2.61 bits per heavy atom.